The number of nitrogens with one attached hydrogen (secondary N) is 2. The number of amides is 2. The van der Waals surface area contributed by atoms with Crippen LogP contribution in [-0.4, -0.2) is 40.9 Å². The van der Waals surface area contributed by atoms with Crippen LogP contribution in [0, 0.1) is 0 Å². The van der Waals surface area contributed by atoms with Crippen LogP contribution < -0.4 is 16.4 Å². The van der Waals surface area contributed by atoms with Crippen molar-refractivity contribution in [3.8, 4) is 0 Å². The average Bonchev–Trinajstić information content (AvgIpc) is 3.22. The van der Waals surface area contributed by atoms with Gasteiger partial charge in [-0.15, -0.1) is 0 Å². The predicted octanol–water partition coefficient (Wildman–Crippen LogP) is 2.54. The van der Waals surface area contributed by atoms with Crippen molar-refractivity contribution in [2.75, 3.05) is 6.54 Å². The van der Waals surface area contributed by atoms with Gasteiger partial charge in [0.05, 0.1) is 6.04 Å². The maximum atomic E-state index is 13.8. The number of carbonyl (C=O) groups is 2. The molecule has 170 valence electrons. The van der Waals surface area contributed by atoms with Gasteiger partial charge in [0.25, 0.3) is 5.91 Å². The molecule has 4 unspecified atom stereocenters. The summed E-state index contributed by atoms with van der Waals surface area (Å²) < 4.78 is 0. The van der Waals surface area contributed by atoms with E-state index in [1.165, 1.54) is 11.1 Å². The molecule has 1 saturated heterocycles. The summed E-state index contributed by atoms with van der Waals surface area (Å²) >= 11 is 0. The SMILES string of the molecule is CC(N)C1(C(=O)N2CC(c3ccccc3)C2C(=O)N[C@@H]2CCc3ccccc32)C=CC=CN1. The van der Waals surface area contributed by atoms with E-state index in [-0.39, 0.29) is 23.8 Å². The number of rotatable bonds is 5. The highest BCUT2D eigenvalue weighted by Gasteiger charge is 2.53. The lowest BCUT2D eigenvalue weighted by molar-refractivity contribution is -0.154. The minimum atomic E-state index is -1.06. The normalized spacial score (nSPS) is 28.4. The second-order valence-electron chi connectivity index (χ2n) is 9.24. The van der Waals surface area contributed by atoms with Crippen molar-refractivity contribution in [2.24, 2.45) is 5.73 Å². The standard InChI is InChI=1S/C27H30N4O2/c1-18(28)27(15-7-8-16-29-27)26(33)31-17-22(19-9-3-2-4-10-19)24(31)25(32)30-23-14-13-20-11-5-6-12-21(20)23/h2-12,15-16,18,22-24,29H,13-14,17,28H2,1H3,(H,30,32)/t18?,22?,23-,24?,27?/m1/s1. The number of likely N-dealkylation sites (tertiary alicyclic amines) is 1. The fraction of sp³-hybridized carbons (Fsp3) is 0.333. The summed E-state index contributed by atoms with van der Waals surface area (Å²) in [7, 11) is 0. The number of carbonyl (C=O) groups excluding carboxylic acids is 2. The molecule has 1 aliphatic carbocycles. The first kappa shape index (κ1) is 21.5. The summed E-state index contributed by atoms with van der Waals surface area (Å²) in [5.74, 6) is -0.336. The van der Waals surface area contributed by atoms with Crippen LogP contribution >= 0.6 is 0 Å². The van der Waals surface area contributed by atoms with Gasteiger partial charge in [0.2, 0.25) is 5.91 Å². The van der Waals surface area contributed by atoms with E-state index in [0.717, 1.165) is 18.4 Å². The Morgan fingerprint density at radius 3 is 2.61 bits per heavy atom. The molecule has 0 saturated carbocycles. The van der Waals surface area contributed by atoms with E-state index in [1.807, 2.05) is 61.5 Å². The van der Waals surface area contributed by atoms with Gasteiger partial charge >= 0.3 is 0 Å². The fourth-order valence-electron chi connectivity index (χ4n) is 5.34. The van der Waals surface area contributed by atoms with E-state index in [1.54, 1.807) is 17.2 Å². The molecular weight excluding hydrogens is 412 g/mol. The molecule has 33 heavy (non-hydrogen) atoms. The Hall–Kier alpha value is -3.38. The molecule has 5 rings (SSSR count). The van der Waals surface area contributed by atoms with E-state index in [4.69, 9.17) is 5.73 Å². The Morgan fingerprint density at radius 2 is 1.88 bits per heavy atom. The molecule has 6 heteroatoms. The van der Waals surface area contributed by atoms with Crippen LogP contribution in [0.25, 0.3) is 0 Å². The molecule has 3 aliphatic rings. The smallest absolute Gasteiger partial charge is 0.254 e. The van der Waals surface area contributed by atoms with Crippen molar-refractivity contribution in [3.63, 3.8) is 0 Å². The van der Waals surface area contributed by atoms with E-state index in [2.05, 4.69) is 22.8 Å². The fourth-order valence-corrected chi connectivity index (χ4v) is 5.34. The molecule has 0 spiro atoms. The van der Waals surface area contributed by atoms with Crippen molar-refractivity contribution in [3.05, 3.63) is 95.7 Å². The molecule has 1 fully saturated rings. The number of nitrogens with zero attached hydrogens (tertiary/aromatic N) is 1. The number of hydrogen-bond donors (Lipinski definition) is 3. The molecule has 0 aromatic heterocycles. The van der Waals surface area contributed by atoms with Crippen LogP contribution in [0.2, 0.25) is 0 Å². The number of dihydropyridines is 1. The van der Waals surface area contributed by atoms with E-state index < -0.39 is 17.6 Å². The van der Waals surface area contributed by atoms with Gasteiger partial charge in [-0.05, 0) is 54.8 Å². The second-order valence-corrected chi connectivity index (χ2v) is 9.24. The van der Waals surface area contributed by atoms with Crippen LogP contribution in [0.5, 0.6) is 0 Å². The molecule has 4 N–H and O–H groups in total. The van der Waals surface area contributed by atoms with E-state index >= 15 is 0 Å². The van der Waals surface area contributed by atoms with Gasteiger partial charge in [0.1, 0.15) is 6.04 Å². The predicted molar refractivity (Wildman–Crippen MR) is 128 cm³/mol. The third kappa shape index (κ3) is 3.64. The van der Waals surface area contributed by atoms with Gasteiger partial charge in [-0.25, -0.2) is 0 Å². The summed E-state index contributed by atoms with van der Waals surface area (Å²) in [6.07, 6.45) is 9.03. The first-order chi connectivity index (χ1) is 16.0. The first-order valence-corrected chi connectivity index (χ1v) is 11.6. The Labute approximate surface area is 194 Å². The highest BCUT2D eigenvalue weighted by molar-refractivity contribution is 5.97. The van der Waals surface area contributed by atoms with Gasteiger partial charge in [0, 0.05) is 18.5 Å². The second kappa shape index (κ2) is 8.52. The first-order valence-electron chi connectivity index (χ1n) is 11.6. The minimum absolute atomic E-state index is 0.0271. The van der Waals surface area contributed by atoms with Gasteiger partial charge < -0.3 is 21.3 Å². The summed E-state index contributed by atoms with van der Waals surface area (Å²) in [5, 5.41) is 6.42. The van der Waals surface area contributed by atoms with Crippen LogP contribution in [-0.2, 0) is 16.0 Å². The van der Waals surface area contributed by atoms with Gasteiger partial charge in [0.15, 0.2) is 5.54 Å². The molecule has 2 amide bonds. The molecular formula is C27H30N4O2. The van der Waals surface area contributed by atoms with Crippen molar-refractivity contribution in [2.45, 2.75) is 49.3 Å². The molecule has 0 bridgehead atoms. The number of aryl methyl sites for hydroxylation is 1. The lowest BCUT2D eigenvalue weighted by atomic mass is 9.78. The van der Waals surface area contributed by atoms with Crippen LogP contribution in [0.1, 0.15) is 42.0 Å². The number of nitrogens with two attached hydrogens (primary N) is 1. The molecule has 2 aliphatic heterocycles. The molecule has 2 heterocycles. The number of fused-ring (bicyclic) bond motifs is 1. The maximum absolute atomic E-state index is 13.8. The van der Waals surface area contributed by atoms with Gasteiger partial charge in [-0.1, -0.05) is 60.7 Å². The van der Waals surface area contributed by atoms with Gasteiger partial charge in [-0.2, -0.15) is 0 Å². The Bertz CT molecular complexity index is 1110. The zero-order valence-electron chi connectivity index (χ0n) is 18.8. The monoisotopic (exact) mass is 442 g/mol. The highest BCUT2D eigenvalue weighted by Crippen LogP contribution is 2.38. The van der Waals surface area contributed by atoms with E-state index in [0.29, 0.717) is 6.54 Å². The van der Waals surface area contributed by atoms with Crippen molar-refractivity contribution < 1.29 is 9.59 Å². The maximum Gasteiger partial charge on any atom is 0.254 e. The quantitative estimate of drug-likeness (QED) is 0.664. The number of benzene rings is 2. The van der Waals surface area contributed by atoms with Crippen LogP contribution in [0.15, 0.2) is 79.0 Å². The van der Waals surface area contributed by atoms with Crippen LogP contribution in [0.4, 0.5) is 0 Å². The zero-order valence-corrected chi connectivity index (χ0v) is 18.8. The largest absolute Gasteiger partial charge is 0.373 e. The van der Waals surface area contributed by atoms with E-state index in [9.17, 15) is 9.59 Å². The van der Waals surface area contributed by atoms with Crippen molar-refractivity contribution in [1.82, 2.24) is 15.5 Å². The molecule has 2 aromatic rings. The summed E-state index contributed by atoms with van der Waals surface area (Å²) in [5.41, 5.74) is 8.74. The van der Waals surface area contributed by atoms with Crippen molar-refractivity contribution in [1.29, 1.82) is 0 Å². The van der Waals surface area contributed by atoms with Gasteiger partial charge in [-0.3, -0.25) is 9.59 Å². The van der Waals surface area contributed by atoms with Crippen molar-refractivity contribution >= 4 is 11.8 Å². The summed E-state index contributed by atoms with van der Waals surface area (Å²) in [6, 6.07) is 17.1. The van der Waals surface area contributed by atoms with Crippen LogP contribution in [0.3, 0.4) is 0 Å². The third-order valence-corrected chi connectivity index (χ3v) is 7.28. The summed E-state index contributed by atoms with van der Waals surface area (Å²) in [6.45, 7) is 2.29. The lowest BCUT2D eigenvalue weighted by Gasteiger charge is -2.51. The molecule has 5 atom stereocenters. The Morgan fingerprint density at radius 1 is 1.12 bits per heavy atom. The molecule has 6 nitrogen and oxygen atoms in total. The Balaban J connectivity index is 1.42. The Kier molecular flexibility index (Phi) is 5.54. The highest BCUT2D eigenvalue weighted by atomic mass is 16.2. The number of allylic oxidation sites excluding steroid dienone is 2. The molecule has 2 aromatic carbocycles. The topological polar surface area (TPSA) is 87.5 Å². The summed E-state index contributed by atoms with van der Waals surface area (Å²) in [4.78, 5) is 29.1. The lowest BCUT2D eigenvalue weighted by Crippen LogP contribution is -2.72. The molecule has 0 radical (unpaired) electrons. The zero-order chi connectivity index (χ0) is 23.0. The average molecular weight is 443 g/mol. The minimum Gasteiger partial charge on any atom is -0.373 e. The third-order valence-electron chi connectivity index (χ3n) is 7.28. The number of hydrogen-bond acceptors (Lipinski definition) is 4.